The molecule has 0 saturated heterocycles. The molecule has 0 bridgehead atoms. The van der Waals surface area contributed by atoms with Gasteiger partial charge in [0.2, 0.25) is 5.91 Å². The summed E-state index contributed by atoms with van der Waals surface area (Å²) in [4.78, 5) is 12.1. The van der Waals surface area contributed by atoms with Crippen molar-refractivity contribution in [2.45, 2.75) is 6.92 Å². The summed E-state index contributed by atoms with van der Waals surface area (Å²) in [5.74, 6) is 1.49. The Bertz CT molecular complexity index is 1020. The quantitative estimate of drug-likeness (QED) is 0.506. The molecule has 0 aliphatic carbocycles. The number of hydrogen-bond donors (Lipinski definition) is 0. The second-order valence-electron chi connectivity index (χ2n) is 5.47. The zero-order chi connectivity index (χ0) is 15.8. The molecule has 0 aliphatic rings. The maximum atomic E-state index is 12.1. The summed E-state index contributed by atoms with van der Waals surface area (Å²) in [6.45, 7) is 1.58. The number of nitrogens with zero attached hydrogens (tertiary/aromatic N) is 1. The Morgan fingerprint density at radius 1 is 0.783 bits per heavy atom. The fraction of sp³-hybridized carbons (Fsp3) is 0.0500. The number of rotatable bonds is 2. The molecule has 0 saturated carbocycles. The van der Waals surface area contributed by atoms with E-state index in [0.717, 1.165) is 27.6 Å². The van der Waals surface area contributed by atoms with E-state index in [-0.39, 0.29) is 5.91 Å². The fourth-order valence-corrected chi connectivity index (χ4v) is 2.98. The maximum absolute atomic E-state index is 12.1. The van der Waals surface area contributed by atoms with Crippen molar-refractivity contribution < 1.29 is 9.53 Å². The number of fused-ring (bicyclic) bond motifs is 3. The monoisotopic (exact) mass is 301 g/mol. The lowest BCUT2D eigenvalue weighted by atomic mass is 10.1. The summed E-state index contributed by atoms with van der Waals surface area (Å²) in [5.41, 5.74) is 1.79. The summed E-state index contributed by atoms with van der Waals surface area (Å²) < 4.78 is 7.63. The number of carbonyl (C=O) groups excluding carboxylic acids is 1. The molecule has 1 heterocycles. The number of carbonyl (C=O) groups is 1. The van der Waals surface area contributed by atoms with Crippen molar-refractivity contribution in [2.75, 3.05) is 0 Å². The molecule has 23 heavy (non-hydrogen) atoms. The molecule has 0 atom stereocenters. The number of para-hydroxylation sites is 2. The van der Waals surface area contributed by atoms with E-state index in [4.69, 9.17) is 4.74 Å². The highest BCUT2D eigenvalue weighted by Gasteiger charge is 2.13. The van der Waals surface area contributed by atoms with Crippen LogP contribution in [-0.4, -0.2) is 10.5 Å². The predicted octanol–water partition coefficient (Wildman–Crippen LogP) is 5.25. The van der Waals surface area contributed by atoms with E-state index in [0.29, 0.717) is 5.75 Å². The highest BCUT2D eigenvalue weighted by molar-refractivity contribution is 6.13. The van der Waals surface area contributed by atoms with Crippen LogP contribution in [0, 0.1) is 0 Å². The first-order valence-corrected chi connectivity index (χ1v) is 7.51. The normalized spacial score (nSPS) is 11.0. The van der Waals surface area contributed by atoms with Gasteiger partial charge in [0.15, 0.2) is 0 Å². The van der Waals surface area contributed by atoms with Crippen LogP contribution in [0.1, 0.15) is 11.7 Å². The number of aromatic nitrogens is 1. The lowest BCUT2D eigenvalue weighted by Crippen LogP contribution is -2.04. The SMILES string of the molecule is CC(=O)n1c2ccccc2c2ccc(Oc3ccccc3)cc21. The highest BCUT2D eigenvalue weighted by Crippen LogP contribution is 2.32. The van der Waals surface area contributed by atoms with Crippen molar-refractivity contribution >= 4 is 27.7 Å². The van der Waals surface area contributed by atoms with E-state index in [2.05, 4.69) is 0 Å². The minimum absolute atomic E-state index is 0.00642. The van der Waals surface area contributed by atoms with Crippen molar-refractivity contribution in [3.63, 3.8) is 0 Å². The molecule has 0 radical (unpaired) electrons. The Morgan fingerprint density at radius 3 is 2.26 bits per heavy atom. The second-order valence-corrected chi connectivity index (χ2v) is 5.47. The van der Waals surface area contributed by atoms with Crippen molar-refractivity contribution in [3.8, 4) is 11.5 Å². The summed E-state index contributed by atoms with van der Waals surface area (Å²) in [6.07, 6.45) is 0. The fourth-order valence-electron chi connectivity index (χ4n) is 2.98. The van der Waals surface area contributed by atoms with Gasteiger partial charge in [-0.1, -0.05) is 36.4 Å². The zero-order valence-corrected chi connectivity index (χ0v) is 12.7. The van der Waals surface area contributed by atoms with E-state index < -0.39 is 0 Å². The smallest absolute Gasteiger partial charge is 0.228 e. The van der Waals surface area contributed by atoms with E-state index in [1.165, 1.54) is 0 Å². The topological polar surface area (TPSA) is 31.2 Å². The molecule has 1 aromatic heterocycles. The van der Waals surface area contributed by atoms with Gasteiger partial charge < -0.3 is 4.74 Å². The van der Waals surface area contributed by atoms with E-state index in [9.17, 15) is 4.79 Å². The van der Waals surface area contributed by atoms with Crippen LogP contribution in [0.2, 0.25) is 0 Å². The van der Waals surface area contributed by atoms with Gasteiger partial charge in [-0.3, -0.25) is 9.36 Å². The van der Waals surface area contributed by atoms with Gasteiger partial charge in [0.05, 0.1) is 11.0 Å². The van der Waals surface area contributed by atoms with Crippen LogP contribution >= 0.6 is 0 Å². The summed E-state index contributed by atoms with van der Waals surface area (Å²) in [7, 11) is 0. The lowest BCUT2D eigenvalue weighted by Gasteiger charge is -2.07. The second kappa shape index (κ2) is 5.29. The standard InChI is InChI=1S/C20H15NO2/c1-14(22)21-19-10-6-5-9-17(19)18-12-11-16(13-20(18)21)23-15-7-3-2-4-8-15/h2-13H,1H3. The highest BCUT2D eigenvalue weighted by atomic mass is 16.5. The third-order valence-corrected chi connectivity index (χ3v) is 3.94. The van der Waals surface area contributed by atoms with Gasteiger partial charge in [0.1, 0.15) is 11.5 Å². The molecule has 0 fully saturated rings. The molecule has 0 spiro atoms. The van der Waals surface area contributed by atoms with Crippen LogP contribution in [0.3, 0.4) is 0 Å². The summed E-state index contributed by atoms with van der Waals surface area (Å²) >= 11 is 0. The van der Waals surface area contributed by atoms with Gasteiger partial charge >= 0.3 is 0 Å². The minimum atomic E-state index is -0.00642. The molecule has 4 rings (SSSR count). The molecule has 0 aliphatic heterocycles. The molecule has 0 amide bonds. The predicted molar refractivity (Wildman–Crippen MR) is 92.3 cm³/mol. The van der Waals surface area contributed by atoms with E-state index >= 15 is 0 Å². The Labute approximate surface area is 133 Å². The van der Waals surface area contributed by atoms with Gasteiger partial charge in [-0.25, -0.2) is 0 Å². The zero-order valence-electron chi connectivity index (χ0n) is 12.7. The lowest BCUT2D eigenvalue weighted by molar-refractivity contribution is 0.0946. The first-order chi connectivity index (χ1) is 11.2. The summed E-state index contributed by atoms with van der Waals surface area (Å²) in [6, 6.07) is 23.4. The largest absolute Gasteiger partial charge is 0.457 e. The van der Waals surface area contributed by atoms with Crippen LogP contribution in [0.25, 0.3) is 21.8 Å². The van der Waals surface area contributed by atoms with Gasteiger partial charge in [-0.05, 0) is 30.3 Å². The molecule has 0 unspecified atom stereocenters. The Kier molecular flexibility index (Phi) is 3.12. The molecule has 4 aromatic rings. The van der Waals surface area contributed by atoms with Crippen molar-refractivity contribution in [3.05, 3.63) is 72.8 Å². The average molecular weight is 301 g/mol. The van der Waals surface area contributed by atoms with Gasteiger partial charge in [-0.2, -0.15) is 0 Å². The minimum Gasteiger partial charge on any atom is -0.457 e. The van der Waals surface area contributed by atoms with E-state index in [1.807, 2.05) is 72.8 Å². The molecular weight excluding hydrogens is 286 g/mol. The average Bonchev–Trinajstić information content (AvgIpc) is 2.89. The van der Waals surface area contributed by atoms with Crippen LogP contribution in [0.4, 0.5) is 0 Å². The van der Waals surface area contributed by atoms with Gasteiger partial charge in [0, 0.05) is 23.8 Å². The third kappa shape index (κ3) is 2.27. The van der Waals surface area contributed by atoms with Crippen LogP contribution in [0.5, 0.6) is 11.5 Å². The molecule has 112 valence electrons. The molecular formula is C20H15NO2. The van der Waals surface area contributed by atoms with Crippen LogP contribution < -0.4 is 4.74 Å². The van der Waals surface area contributed by atoms with Crippen LogP contribution in [0.15, 0.2) is 72.8 Å². The Hall–Kier alpha value is -3.07. The number of hydrogen-bond acceptors (Lipinski definition) is 2. The maximum Gasteiger partial charge on any atom is 0.228 e. The number of ether oxygens (including phenoxy) is 1. The Balaban J connectivity index is 1.92. The van der Waals surface area contributed by atoms with Gasteiger partial charge in [0.25, 0.3) is 0 Å². The first-order valence-electron chi connectivity index (χ1n) is 7.51. The van der Waals surface area contributed by atoms with Crippen molar-refractivity contribution in [1.82, 2.24) is 4.57 Å². The molecule has 0 N–H and O–H groups in total. The van der Waals surface area contributed by atoms with Crippen molar-refractivity contribution in [2.24, 2.45) is 0 Å². The molecule has 3 aromatic carbocycles. The Morgan fingerprint density at radius 2 is 1.48 bits per heavy atom. The summed E-state index contributed by atoms with van der Waals surface area (Å²) in [5, 5.41) is 2.13. The first kappa shape index (κ1) is 13.6. The molecule has 3 heteroatoms. The van der Waals surface area contributed by atoms with E-state index in [1.54, 1.807) is 11.5 Å². The molecule has 3 nitrogen and oxygen atoms in total. The van der Waals surface area contributed by atoms with Crippen LogP contribution in [-0.2, 0) is 0 Å². The van der Waals surface area contributed by atoms with Gasteiger partial charge in [-0.15, -0.1) is 0 Å². The van der Waals surface area contributed by atoms with Crippen molar-refractivity contribution in [1.29, 1.82) is 0 Å². The third-order valence-electron chi connectivity index (χ3n) is 3.94. The number of benzene rings is 3.